The molecule has 0 atom stereocenters. The highest BCUT2D eigenvalue weighted by molar-refractivity contribution is 8.01. The molecule has 0 aliphatic carbocycles. The van der Waals surface area contributed by atoms with Crippen molar-refractivity contribution >= 4 is 85.5 Å². The summed E-state index contributed by atoms with van der Waals surface area (Å²) in [5.41, 5.74) is 0. The molecule has 0 aromatic heterocycles. The fraction of sp³-hybridized carbons (Fsp3) is 1.00. The van der Waals surface area contributed by atoms with Crippen molar-refractivity contribution < 1.29 is 0 Å². The third-order valence-corrected chi connectivity index (χ3v) is 2.33. The molecule has 0 saturated heterocycles. The average molecular weight is 145 g/mol. The fourth-order valence-electron chi connectivity index (χ4n) is 1.39. The molecule has 0 unspecified atom stereocenters. The maximum absolute atomic E-state index is 5.69. The summed E-state index contributed by atoms with van der Waals surface area (Å²) in [4.78, 5) is 0. The Labute approximate surface area is 92.6 Å². The molecule has 13 radical (unpaired) electrons. The van der Waals surface area contributed by atoms with E-state index in [9.17, 15) is 0 Å². The standard InChI is InChI=1S/CH3B12/c1-9(12(7)8-2)13(10(3)4)11(5)6/h1H3. The minimum Gasteiger partial charge on any atom is -0.101 e. The van der Waals surface area contributed by atoms with Gasteiger partial charge in [-0.2, -0.15) is 0 Å². The van der Waals surface area contributed by atoms with E-state index in [0.717, 1.165) is 0 Å². The quantitative estimate of drug-likeness (QED) is 0.346. The summed E-state index contributed by atoms with van der Waals surface area (Å²) in [5.74, 6) is 0. The van der Waals surface area contributed by atoms with E-state index >= 15 is 0 Å². The third kappa shape index (κ3) is 4.21. The van der Waals surface area contributed by atoms with Gasteiger partial charge in [0.25, 0.3) is 0 Å². The van der Waals surface area contributed by atoms with Crippen molar-refractivity contribution in [3.8, 4) is 0 Å². The number of rotatable bonds is 5. The van der Waals surface area contributed by atoms with E-state index < -0.39 is 12.8 Å². The molecule has 0 aromatic carbocycles. The topological polar surface area (TPSA) is 0 Å². The molecule has 0 nitrogen and oxygen atoms in total. The first-order chi connectivity index (χ1) is 5.91. The van der Waals surface area contributed by atoms with Crippen molar-refractivity contribution in [3.05, 3.63) is 0 Å². The van der Waals surface area contributed by atoms with E-state index in [1.807, 2.05) is 6.82 Å². The van der Waals surface area contributed by atoms with Crippen molar-refractivity contribution in [2.75, 3.05) is 0 Å². The van der Waals surface area contributed by atoms with Gasteiger partial charge >= 0.3 is 0 Å². The first-order valence-electron chi connectivity index (χ1n) is 4.24. The maximum atomic E-state index is 5.69. The molecule has 0 rings (SSSR count). The van der Waals surface area contributed by atoms with E-state index in [0.29, 0.717) is 0 Å². The molecule has 0 N–H and O–H groups in total. The molecule has 0 saturated carbocycles. The maximum Gasteiger partial charge on any atom is 0.0413 e. The second-order valence-corrected chi connectivity index (χ2v) is 3.36. The monoisotopic (exact) mass is 147 g/mol. The van der Waals surface area contributed by atoms with E-state index in [-0.39, 0.29) is 19.3 Å². The lowest BCUT2D eigenvalue weighted by atomic mass is 8.54. The Hall–Kier alpha value is 0.779. The van der Waals surface area contributed by atoms with E-state index in [1.54, 1.807) is 0 Å². The van der Waals surface area contributed by atoms with Gasteiger partial charge < -0.3 is 0 Å². The first-order valence-corrected chi connectivity index (χ1v) is 4.24. The lowest BCUT2D eigenvalue weighted by Gasteiger charge is -2.29. The zero-order valence-electron chi connectivity index (χ0n) is 7.93. The minimum absolute atomic E-state index is 0.0370. The fourth-order valence-corrected chi connectivity index (χ4v) is 1.39. The molecule has 0 aromatic rings. The van der Waals surface area contributed by atoms with Crippen LogP contribution in [0.5, 0.6) is 0 Å². The zero-order chi connectivity index (χ0) is 10.6. The lowest BCUT2D eigenvalue weighted by molar-refractivity contribution is 2.32. The average Bonchev–Trinajstić information content (AvgIpc) is 2.01. The Kier molecular flexibility index (Phi) is 6.68. The van der Waals surface area contributed by atoms with E-state index in [2.05, 4.69) is 0 Å². The molecule has 0 spiro atoms. The van der Waals surface area contributed by atoms with Crippen molar-refractivity contribution in [2.45, 2.75) is 6.82 Å². The van der Waals surface area contributed by atoms with Crippen LogP contribution in [0.25, 0.3) is 0 Å². The highest BCUT2D eigenvalue weighted by Crippen LogP contribution is 1.96. The normalized spacial score (nSPS) is 8.69. The van der Waals surface area contributed by atoms with Crippen LogP contribution in [0.2, 0.25) is 6.82 Å². The summed E-state index contributed by atoms with van der Waals surface area (Å²) >= 11 is 0. The highest BCUT2D eigenvalue weighted by atomic mass is 13.2. The summed E-state index contributed by atoms with van der Waals surface area (Å²) in [6.45, 7) is 1.84. The first kappa shape index (κ1) is 13.8. The molecule has 12 heteroatoms. The van der Waals surface area contributed by atoms with Crippen LogP contribution in [0.3, 0.4) is 0 Å². The van der Waals surface area contributed by atoms with Crippen LogP contribution >= 0.6 is 0 Å². The van der Waals surface area contributed by atoms with E-state index in [1.165, 1.54) is 7.06 Å². The number of hydrogen-bond donors (Lipinski definition) is 0. The summed E-state index contributed by atoms with van der Waals surface area (Å²) in [6.07, 6.45) is -1.70. The minimum atomic E-state index is -0.582. The van der Waals surface area contributed by atoms with Gasteiger partial charge in [0.1, 0.15) is 0 Å². The van der Waals surface area contributed by atoms with Gasteiger partial charge in [-0.1, -0.05) is 0 Å². The SMILES string of the molecule is [B][B]B([B])B(C)B(B([B])[B])B([B])[B]. The van der Waals surface area contributed by atoms with Crippen LogP contribution in [0.4, 0.5) is 0 Å². The van der Waals surface area contributed by atoms with Gasteiger partial charge in [0.2, 0.25) is 0 Å². The summed E-state index contributed by atoms with van der Waals surface area (Å²) in [5, 5.41) is 0. The van der Waals surface area contributed by atoms with Crippen molar-refractivity contribution in [1.82, 2.24) is 0 Å². The van der Waals surface area contributed by atoms with Crippen LogP contribution in [-0.4, -0.2) is 85.5 Å². The molecular formula is CH3B12. The largest absolute Gasteiger partial charge is 0.101 e. The van der Waals surface area contributed by atoms with Crippen LogP contribution in [0, 0.1) is 0 Å². The molecule has 13 heavy (non-hydrogen) atoms. The van der Waals surface area contributed by atoms with Crippen molar-refractivity contribution in [1.29, 1.82) is 0 Å². The molecule has 43 valence electrons. The Morgan fingerprint density at radius 3 is 1.54 bits per heavy atom. The summed E-state index contributed by atoms with van der Waals surface area (Å²) in [7, 11) is 34.5. The van der Waals surface area contributed by atoms with Gasteiger partial charge in [-0.25, -0.2) is 0 Å². The second-order valence-electron chi connectivity index (χ2n) is 3.36. The predicted molar refractivity (Wildman–Crippen MR) is 74.9 cm³/mol. The summed E-state index contributed by atoms with van der Waals surface area (Å²) in [6, 6.07) is 0. The lowest BCUT2D eigenvalue weighted by Crippen LogP contribution is -2.66. The number of hydrogen-bond acceptors (Lipinski definition) is 0. The molecule has 0 bridgehead atoms. The van der Waals surface area contributed by atoms with Gasteiger partial charge in [-0.3, -0.25) is 0 Å². The predicted octanol–water partition coefficient (Wildman–Crippen LogP) is -3.99. The van der Waals surface area contributed by atoms with Gasteiger partial charge in [-0.15, -0.1) is 6.82 Å². The zero-order valence-corrected chi connectivity index (χ0v) is 7.93. The smallest absolute Gasteiger partial charge is 0.0413 e. The Morgan fingerprint density at radius 2 is 1.31 bits per heavy atom. The molecule has 0 amide bonds. The third-order valence-electron chi connectivity index (χ3n) is 2.33. The second kappa shape index (κ2) is 6.30. The Morgan fingerprint density at radius 1 is 0.923 bits per heavy atom. The van der Waals surface area contributed by atoms with Gasteiger partial charge in [0.15, 0.2) is 0 Å². The van der Waals surface area contributed by atoms with Crippen LogP contribution in [0.15, 0.2) is 0 Å². The van der Waals surface area contributed by atoms with Crippen LogP contribution < -0.4 is 0 Å². The molecule has 0 aliphatic rings. The van der Waals surface area contributed by atoms with Crippen molar-refractivity contribution in [3.63, 3.8) is 0 Å². The Bertz CT molecular complexity index is 121. The van der Waals surface area contributed by atoms with Crippen LogP contribution in [-0.2, 0) is 0 Å². The molecule has 0 fully saturated rings. The Balaban J connectivity index is 4.36. The highest BCUT2D eigenvalue weighted by Gasteiger charge is 2.31. The molecule has 0 aliphatic heterocycles. The van der Waals surface area contributed by atoms with Gasteiger partial charge in [0, 0.05) is 85.5 Å². The summed E-state index contributed by atoms with van der Waals surface area (Å²) < 4.78 is 0. The van der Waals surface area contributed by atoms with Crippen LogP contribution in [0.1, 0.15) is 0 Å². The van der Waals surface area contributed by atoms with Crippen molar-refractivity contribution in [2.24, 2.45) is 0 Å². The van der Waals surface area contributed by atoms with E-state index in [4.69, 9.17) is 46.4 Å². The van der Waals surface area contributed by atoms with Gasteiger partial charge in [0.05, 0.1) is 0 Å². The van der Waals surface area contributed by atoms with Gasteiger partial charge in [-0.05, 0) is 0 Å². The molecule has 0 heterocycles. The molecular weight excluding hydrogens is 142 g/mol.